The number of nitrogens with one attached hydrogen (secondary N) is 1. The molecule has 1 aliphatic heterocycles. The molecule has 1 aliphatic rings. The Balaban J connectivity index is 1.60. The molecular formula is C20H26N2O2S2. The van der Waals surface area contributed by atoms with Crippen LogP contribution in [0.4, 0.5) is 0 Å². The summed E-state index contributed by atoms with van der Waals surface area (Å²) in [5.74, 6) is 0.882. The van der Waals surface area contributed by atoms with Crippen LogP contribution >= 0.6 is 23.1 Å². The highest BCUT2D eigenvalue weighted by molar-refractivity contribution is 7.98. The number of thiophene rings is 1. The van der Waals surface area contributed by atoms with Gasteiger partial charge in [-0.1, -0.05) is 12.1 Å². The van der Waals surface area contributed by atoms with E-state index in [1.807, 2.05) is 24.3 Å². The second kappa shape index (κ2) is 9.04. The Morgan fingerprint density at radius 3 is 2.77 bits per heavy atom. The Labute approximate surface area is 163 Å². The van der Waals surface area contributed by atoms with Gasteiger partial charge in [0.25, 0.3) is 5.91 Å². The molecule has 1 aromatic heterocycles. The maximum absolute atomic E-state index is 12.8. The molecule has 0 aliphatic carbocycles. The number of nitrogens with zero attached hydrogens (tertiary/aromatic N) is 1. The molecule has 4 nitrogen and oxygen atoms in total. The van der Waals surface area contributed by atoms with Crippen molar-refractivity contribution >= 4 is 29.0 Å². The average molecular weight is 391 g/mol. The fourth-order valence-corrected chi connectivity index (χ4v) is 4.76. The number of hydrogen-bond acceptors (Lipinski definition) is 5. The Hall–Kier alpha value is -1.34. The van der Waals surface area contributed by atoms with Crippen molar-refractivity contribution in [3.63, 3.8) is 0 Å². The van der Waals surface area contributed by atoms with Crippen molar-refractivity contribution < 1.29 is 9.53 Å². The number of rotatable bonds is 7. The third-order valence-electron chi connectivity index (χ3n) is 4.65. The summed E-state index contributed by atoms with van der Waals surface area (Å²) in [6.07, 6.45) is 0. The molecule has 140 valence electrons. The zero-order chi connectivity index (χ0) is 18.4. The van der Waals surface area contributed by atoms with Crippen LogP contribution in [0.2, 0.25) is 0 Å². The molecular weight excluding hydrogens is 364 g/mol. The number of benzene rings is 1. The first kappa shape index (κ1) is 19.4. The zero-order valence-electron chi connectivity index (χ0n) is 15.4. The lowest BCUT2D eigenvalue weighted by Crippen LogP contribution is -2.55. The molecule has 3 rings (SSSR count). The van der Waals surface area contributed by atoms with Gasteiger partial charge in [-0.2, -0.15) is 11.3 Å². The second-order valence-corrected chi connectivity index (χ2v) is 8.81. The lowest BCUT2D eigenvalue weighted by molar-refractivity contribution is -0.00924. The summed E-state index contributed by atoms with van der Waals surface area (Å²) in [4.78, 5) is 16.2. The van der Waals surface area contributed by atoms with E-state index in [2.05, 4.69) is 40.9 Å². The summed E-state index contributed by atoms with van der Waals surface area (Å²) >= 11 is 3.42. The van der Waals surface area contributed by atoms with E-state index in [0.717, 1.165) is 42.5 Å². The molecule has 0 atom stereocenters. The van der Waals surface area contributed by atoms with Gasteiger partial charge in [-0.3, -0.25) is 9.69 Å². The number of ether oxygens (including phenoxy) is 1. The standard InChI is InChI=1S/C20H26N2O2S2/c1-20(2,22-8-10-24-11-9-22)15-21-19(23)17-5-3-4-6-18(17)26-14-16-7-12-25-13-16/h3-7,12-13H,8-11,14-15H2,1-2H3,(H,21,23). The minimum absolute atomic E-state index is 0.000229. The number of hydrogen-bond donors (Lipinski definition) is 1. The molecule has 0 bridgehead atoms. The summed E-state index contributed by atoms with van der Waals surface area (Å²) in [6, 6.07) is 9.98. The van der Waals surface area contributed by atoms with Crippen LogP contribution in [0.15, 0.2) is 46.0 Å². The normalized spacial score (nSPS) is 15.8. The second-order valence-electron chi connectivity index (χ2n) is 7.01. The summed E-state index contributed by atoms with van der Waals surface area (Å²) in [6.45, 7) is 8.33. The number of carbonyl (C=O) groups is 1. The Kier molecular flexibility index (Phi) is 6.75. The first-order valence-electron chi connectivity index (χ1n) is 8.90. The molecule has 1 amide bonds. The highest BCUT2D eigenvalue weighted by atomic mass is 32.2. The minimum Gasteiger partial charge on any atom is -0.379 e. The van der Waals surface area contributed by atoms with Crippen LogP contribution in [0.3, 0.4) is 0 Å². The highest BCUT2D eigenvalue weighted by Gasteiger charge is 2.28. The molecule has 1 aromatic carbocycles. The molecule has 1 saturated heterocycles. The van der Waals surface area contributed by atoms with Gasteiger partial charge in [0, 0.05) is 35.8 Å². The van der Waals surface area contributed by atoms with Gasteiger partial charge in [0.15, 0.2) is 0 Å². The van der Waals surface area contributed by atoms with Crippen molar-refractivity contribution in [2.75, 3.05) is 32.8 Å². The van der Waals surface area contributed by atoms with Crippen molar-refractivity contribution in [2.24, 2.45) is 0 Å². The van der Waals surface area contributed by atoms with E-state index in [0.29, 0.717) is 6.54 Å². The summed E-state index contributed by atoms with van der Waals surface area (Å²) < 4.78 is 5.43. The van der Waals surface area contributed by atoms with Crippen LogP contribution in [0.25, 0.3) is 0 Å². The van der Waals surface area contributed by atoms with Gasteiger partial charge in [0.1, 0.15) is 0 Å². The molecule has 1 N–H and O–H groups in total. The monoisotopic (exact) mass is 390 g/mol. The number of thioether (sulfide) groups is 1. The van der Waals surface area contributed by atoms with Crippen LogP contribution in [-0.2, 0) is 10.5 Å². The van der Waals surface area contributed by atoms with E-state index < -0.39 is 0 Å². The lowest BCUT2D eigenvalue weighted by Gasteiger charge is -2.40. The van der Waals surface area contributed by atoms with Crippen molar-refractivity contribution in [1.29, 1.82) is 0 Å². The predicted molar refractivity (Wildman–Crippen MR) is 109 cm³/mol. The zero-order valence-corrected chi connectivity index (χ0v) is 17.0. The molecule has 0 radical (unpaired) electrons. The molecule has 1 fully saturated rings. The molecule has 26 heavy (non-hydrogen) atoms. The van der Waals surface area contributed by atoms with Crippen molar-refractivity contribution in [3.8, 4) is 0 Å². The minimum atomic E-state index is -0.0851. The van der Waals surface area contributed by atoms with Gasteiger partial charge in [0.2, 0.25) is 0 Å². The van der Waals surface area contributed by atoms with Crippen LogP contribution in [-0.4, -0.2) is 49.2 Å². The third kappa shape index (κ3) is 5.10. The SMILES string of the molecule is CC(C)(CNC(=O)c1ccccc1SCc1ccsc1)N1CCOCC1. The summed E-state index contributed by atoms with van der Waals surface area (Å²) in [5.41, 5.74) is 1.97. The van der Waals surface area contributed by atoms with Crippen LogP contribution in [0.5, 0.6) is 0 Å². The maximum Gasteiger partial charge on any atom is 0.252 e. The Bertz CT molecular complexity index is 710. The largest absolute Gasteiger partial charge is 0.379 e. The van der Waals surface area contributed by atoms with Crippen molar-refractivity contribution in [2.45, 2.75) is 30.0 Å². The van der Waals surface area contributed by atoms with E-state index in [1.54, 1.807) is 23.1 Å². The smallest absolute Gasteiger partial charge is 0.252 e. The summed E-state index contributed by atoms with van der Waals surface area (Å²) in [5, 5.41) is 7.38. The van der Waals surface area contributed by atoms with Crippen molar-refractivity contribution in [3.05, 3.63) is 52.2 Å². The van der Waals surface area contributed by atoms with Gasteiger partial charge in [0.05, 0.1) is 18.8 Å². The number of morpholine rings is 1. The Morgan fingerprint density at radius 2 is 2.04 bits per heavy atom. The van der Waals surface area contributed by atoms with Gasteiger partial charge in [-0.25, -0.2) is 0 Å². The molecule has 6 heteroatoms. The van der Waals surface area contributed by atoms with Crippen molar-refractivity contribution in [1.82, 2.24) is 10.2 Å². The average Bonchev–Trinajstić information content (AvgIpc) is 3.19. The first-order valence-corrected chi connectivity index (χ1v) is 10.8. The van der Waals surface area contributed by atoms with Gasteiger partial charge in [-0.05, 0) is 48.4 Å². The van der Waals surface area contributed by atoms with Crippen LogP contribution < -0.4 is 5.32 Å². The quantitative estimate of drug-likeness (QED) is 0.729. The van der Waals surface area contributed by atoms with Crippen LogP contribution in [0, 0.1) is 0 Å². The summed E-state index contributed by atoms with van der Waals surface area (Å²) in [7, 11) is 0. The van der Waals surface area contributed by atoms with Gasteiger partial charge in [-0.15, -0.1) is 11.8 Å². The molecule has 2 heterocycles. The van der Waals surface area contributed by atoms with E-state index >= 15 is 0 Å². The van der Waals surface area contributed by atoms with Gasteiger partial charge < -0.3 is 10.1 Å². The maximum atomic E-state index is 12.8. The van der Waals surface area contributed by atoms with Gasteiger partial charge >= 0.3 is 0 Å². The lowest BCUT2D eigenvalue weighted by atomic mass is 10.0. The third-order valence-corrected chi connectivity index (χ3v) is 6.53. The van der Waals surface area contributed by atoms with E-state index in [9.17, 15) is 4.79 Å². The number of carbonyl (C=O) groups excluding carboxylic acids is 1. The predicted octanol–water partition coefficient (Wildman–Crippen LogP) is 3.88. The molecule has 2 aromatic rings. The van der Waals surface area contributed by atoms with E-state index in [-0.39, 0.29) is 11.4 Å². The van der Waals surface area contributed by atoms with E-state index in [1.165, 1.54) is 5.56 Å². The van der Waals surface area contributed by atoms with E-state index in [4.69, 9.17) is 4.74 Å². The fourth-order valence-electron chi connectivity index (χ4n) is 2.99. The number of amides is 1. The first-order chi connectivity index (χ1) is 12.6. The topological polar surface area (TPSA) is 41.6 Å². The fraction of sp³-hybridized carbons (Fsp3) is 0.450. The van der Waals surface area contributed by atoms with Crippen LogP contribution in [0.1, 0.15) is 29.8 Å². The molecule has 0 unspecified atom stereocenters. The highest BCUT2D eigenvalue weighted by Crippen LogP contribution is 2.27. The molecule has 0 saturated carbocycles. The molecule has 0 spiro atoms. The Morgan fingerprint density at radius 1 is 1.27 bits per heavy atom.